The summed E-state index contributed by atoms with van der Waals surface area (Å²) in [4.78, 5) is 8.18. The van der Waals surface area contributed by atoms with Crippen LogP contribution in [0.5, 0.6) is 0 Å². The minimum Gasteiger partial charge on any atom is -0.345 e. The Labute approximate surface area is 159 Å². The first-order valence-corrected chi connectivity index (χ1v) is 10.2. The lowest BCUT2D eigenvalue weighted by molar-refractivity contribution is 0.271. The largest absolute Gasteiger partial charge is 0.345 e. The van der Waals surface area contributed by atoms with Gasteiger partial charge in [0.05, 0.1) is 6.54 Å². The van der Waals surface area contributed by atoms with Gasteiger partial charge in [0.25, 0.3) is 0 Å². The number of hydrogen-bond acceptors (Lipinski definition) is 4. The molecule has 0 radical (unpaired) electrons. The van der Waals surface area contributed by atoms with Crippen molar-refractivity contribution in [2.24, 2.45) is 5.92 Å². The van der Waals surface area contributed by atoms with Crippen molar-refractivity contribution in [2.45, 2.75) is 25.6 Å². The van der Waals surface area contributed by atoms with Gasteiger partial charge in [-0.15, -0.1) is 11.3 Å². The van der Waals surface area contributed by atoms with Crippen LogP contribution in [0.1, 0.15) is 28.6 Å². The molecule has 0 aromatic carbocycles. The first kappa shape index (κ1) is 17.5. The normalized spacial score (nSPS) is 20.7. The molecule has 0 saturated carbocycles. The molecule has 1 aliphatic rings. The first-order chi connectivity index (χ1) is 12.8. The molecule has 26 heavy (non-hydrogen) atoms. The molecule has 0 bridgehead atoms. The molecule has 1 fully saturated rings. The quantitative estimate of drug-likeness (QED) is 0.691. The SMILES string of the molecule is CN1CC[C@@H](CNCc2cccn2Cc2cccs2)[C@@H]1c1cccnc1. The summed E-state index contributed by atoms with van der Waals surface area (Å²) < 4.78 is 2.35. The molecule has 0 aliphatic carbocycles. The molecule has 3 aromatic rings. The summed E-state index contributed by atoms with van der Waals surface area (Å²) in [5, 5.41) is 5.85. The fraction of sp³-hybridized carbons (Fsp3) is 0.381. The molecule has 0 unspecified atom stereocenters. The summed E-state index contributed by atoms with van der Waals surface area (Å²) in [5.74, 6) is 0.630. The lowest BCUT2D eigenvalue weighted by Crippen LogP contribution is -2.29. The van der Waals surface area contributed by atoms with Crippen LogP contribution in [0.3, 0.4) is 0 Å². The Kier molecular flexibility index (Phi) is 5.48. The van der Waals surface area contributed by atoms with E-state index in [0.29, 0.717) is 12.0 Å². The van der Waals surface area contributed by atoms with Crippen molar-refractivity contribution in [3.63, 3.8) is 0 Å². The van der Waals surface area contributed by atoms with Gasteiger partial charge in [-0.2, -0.15) is 0 Å². The predicted molar refractivity (Wildman–Crippen MR) is 107 cm³/mol. The molecule has 1 aliphatic heterocycles. The fourth-order valence-electron chi connectivity index (χ4n) is 4.04. The van der Waals surface area contributed by atoms with Gasteiger partial charge in [-0.3, -0.25) is 9.88 Å². The third kappa shape index (κ3) is 3.90. The zero-order chi connectivity index (χ0) is 17.8. The Morgan fingerprint density at radius 2 is 2.19 bits per heavy atom. The maximum atomic E-state index is 4.32. The zero-order valence-electron chi connectivity index (χ0n) is 15.2. The minimum absolute atomic E-state index is 0.467. The number of nitrogens with zero attached hydrogens (tertiary/aromatic N) is 3. The minimum atomic E-state index is 0.467. The number of likely N-dealkylation sites (tertiary alicyclic amines) is 1. The van der Waals surface area contributed by atoms with Gasteiger partial charge in [-0.05, 0) is 61.1 Å². The van der Waals surface area contributed by atoms with E-state index in [1.54, 1.807) is 0 Å². The molecule has 5 heteroatoms. The molecule has 4 rings (SSSR count). The van der Waals surface area contributed by atoms with Gasteiger partial charge in [-0.1, -0.05) is 12.1 Å². The highest BCUT2D eigenvalue weighted by molar-refractivity contribution is 7.09. The highest BCUT2D eigenvalue weighted by Gasteiger charge is 2.32. The zero-order valence-corrected chi connectivity index (χ0v) is 16.0. The number of hydrogen-bond donors (Lipinski definition) is 1. The average Bonchev–Trinajstić information content (AvgIpc) is 3.39. The van der Waals surface area contributed by atoms with E-state index in [-0.39, 0.29) is 0 Å². The Morgan fingerprint density at radius 1 is 1.23 bits per heavy atom. The van der Waals surface area contributed by atoms with Crippen LogP contribution in [0.4, 0.5) is 0 Å². The molecule has 4 heterocycles. The summed E-state index contributed by atoms with van der Waals surface area (Å²) in [6, 6.07) is 13.4. The fourth-order valence-corrected chi connectivity index (χ4v) is 4.74. The Balaban J connectivity index is 1.35. The van der Waals surface area contributed by atoms with Crippen LogP contribution in [0.25, 0.3) is 0 Å². The topological polar surface area (TPSA) is 33.1 Å². The van der Waals surface area contributed by atoms with Gasteiger partial charge in [0.1, 0.15) is 0 Å². The predicted octanol–water partition coefficient (Wildman–Crippen LogP) is 3.78. The molecule has 4 nitrogen and oxygen atoms in total. The summed E-state index contributed by atoms with van der Waals surface area (Å²) in [6.07, 6.45) is 7.29. The van der Waals surface area contributed by atoms with Crippen molar-refractivity contribution in [1.29, 1.82) is 0 Å². The summed E-state index contributed by atoms with van der Waals surface area (Å²) in [7, 11) is 2.23. The molecule has 0 spiro atoms. The Morgan fingerprint density at radius 3 is 3.00 bits per heavy atom. The summed E-state index contributed by atoms with van der Waals surface area (Å²) in [5.41, 5.74) is 2.68. The van der Waals surface area contributed by atoms with Gasteiger partial charge in [0, 0.05) is 48.3 Å². The third-order valence-electron chi connectivity index (χ3n) is 5.34. The van der Waals surface area contributed by atoms with Crippen LogP contribution < -0.4 is 5.32 Å². The first-order valence-electron chi connectivity index (χ1n) is 9.28. The number of rotatable bonds is 7. The smallest absolute Gasteiger partial charge is 0.0566 e. The number of thiophene rings is 1. The highest BCUT2D eigenvalue weighted by Crippen LogP contribution is 2.35. The monoisotopic (exact) mass is 366 g/mol. The van der Waals surface area contributed by atoms with Crippen LogP contribution >= 0.6 is 11.3 Å². The average molecular weight is 367 g/mol. The number of pyridine rings is 1. The van der Waals surface area contributed by atoms with Gasteiger partial charge < -0.3 is 9.88 Å². The number of nitrogens with one attached hydrogen (secondary N) is 1. The van der Waals surface area contributed by atoms with Crippen molar-refractivity contribution in [3.8, 4) is 0 Å². The molecular weight excluding hydrogens is 340 g/mol. The molecule has 0 amide bonds. The van der Waals surface area contributed by atoms with E-state index in [9.17, 15) is 0 Å². The van der Waals surface area contributed by atoms with Crippen molar-refractivity contribution >= 4 is 11.3 Å². The van der Waals surface area contributed by atoms with Crippen molar-refractivity contribution in [2.75, 3.05) is 20.1 Å². The number of aromatic nitrogens is 2. The van der Waals surface area contributed by atoms with Crippen LogP contribution in [-0.4, -0.2) is 34.6 Å². The second kappa shape index (κ2) is 8.16. The van der Waals surface area contributed by atoms with Crippen LogP contribution in [-0.2, 0) is 13.1 Å². The van der Waals surface area contributed by atoms with Crippen molar-refractivity contribution in [3.05, 3.63) is 76.5 Å². The van der Waals surface area contributed by atoms with Crippen LogP contribution in [0.2, 0.25) is 0 Å². The maximum absolute atomic E-state index is 4.32. The Bertz CT molecular complexity index is 797. The van der Waals surface area contributed by atoms with Crippen LogP contribution in [0.15, 0.2) is 60.4 Å². The Hall–Kier alpha value is -1.95. The lowest BCUT2D eigenvalue weighted by atomic mass is 9.95. The molecule has 1 saturated heterocycles. The van der Waals surface area contributed by atoms with Gasteiger partial charge in [0.15, 0.2) is 0 Å². The maximum Gasteiger partial charge on any atom is 0.0566 e. The van der Waals surface area contributed by atoms with Crippen molar-refractivity contribution < 1.29 is 0 Å². The van der Waals surface area contributed by atoms with Gasteiger partial charge in [-0.25, -0.2) is 0 Å². The van der Waals surface area contributed by atoms with Gasteiger partial charge in [0.2, 0.25) is 0 Å². The molecular formula is C21H26N4S. The van der Waals surface area contributed by atoms with Crippen LogP contribution in [0, 0.1) is 5.92 Å². The molecule has 3 aromatic heterocycles. The third-order valence-corrected chi connectivity index (χ3v) is 6.20. The van der Waals surface area contributed by atoms with E-state index >= 15 is 0 Å². The summed E-state index contributed by atoms with van der Waals surface area (Å²) >= 11 is 1.82. The second-order valence-corrected chi connectivity index (χ2v) is 8.13. The summed E-state index contributed by atoms with van der Waals surface area (Å²) in [6.45, 7) is 4.07. The van der Waals surface area contributed by atoms with Gasteiger partial charge >= 0.3 is 0 Å². The van der Waals surface area contributed by atoms with E-state index < -0.39 is 0 Å². The second-order valence-electron chi connectivity index (χ2n) is 7.10. The standard InChI is InChI=1S/C21H26N4S/c1-24-11-8-18(21(24)17-5-2-9-22-13-17)14-23-15-19-6-3-10-25(19)16-20-7-4-12-26-20/h2-7,9-10,12-13,18,21,23H,8,11,14-16H2,1H3/t18-,21-/m0/s1. The van der Waals surface area contributed by atoms with Crippen molar-refractivity contribution in [1.82, 2.24) is 19.8 Å². The van der Waals surface area contributed by atoms with E-state index in [4.69, 9.17) is 0 Å². The van der Waals surface area contributed by atoms with E-state index in [2.05, 4.69) is 68.7 Å². The lowest BCUT2D eigenvalue weighted by Gasteiger charge is -2.25. The van der Waals surface area contributed by atoms with E-state index in [0.717, 1.165) is 26.2 Å². The highest BCUT2D eigenvalue weighted by atomic mass is 32.1. The molecule has 1 N–H and O–H groups in total. The van der Waals surface area contributed by atoms with E-state index in [1.807, 2.05) is 29.8 Å². The van der Waals surface area contributed by atoms with E-state index in [1.165, 1.54) is 22.6 Å². The molecule has 2 atom stereocenters. The molecule has 136 valence electrons.